The minimum atomic E-state index is -3.26. The number of rotatable bonds is 5. The van der Waals surface area contributed by atoms with Gasteiger partial charge in [0.2, 0.25) is 10.0 Å². The highest BCUT2D eigenvalue weighted by atomic mass is 32.2. The molecule has 0 fully saturated rings. The van der Waals surface area contributed by atoms with Crippen LogP contribution in [0.3, 0.4) is 0 Å². The van der Waals surface area contributed by atoms with Crippen molar-refractivity contribution in [2.45, 2.75) is 26.7 Å². The number of sulfonamides is 1. The second kappa shape index (κ2) is 4.45. The molecule has 0 bridgehead atoms. The van der Waals surface area contributed by atoms with Gasteiger partial charge >= 0.3 is 0 Å². The van der Waals surface area contributed by atoms with E-state index in [1.165, 1.54) is 0 Å². The van der Waals surface area contributed by atoms with Crippen LogP contribution >= 0.6 is 0 Å². The molecule has 0 aromatic carbocycles. The van der Waals surface area contributed by atoms with Crippen molar-refractivity contribution >= 4 is 15.8 Å². The smallest absolute Gasteiger partial charge is 0.233 e. The topological polar surface area (TPSA) is 72.2 Å². The first-order chi connectivity index (χ1) is 6.53. The molecule has 0 aliphatic heterocycles. The Bertz CT molecular complexity index is 383. The average molecular weight is 218 g/mol. The number of hydrogen-bond acceptors (Lipinski definition) is 4. The summed E-state index contributed by atoms with van der Waals surface area (Å²) in [6, 6.07) is 1.55. The van der Waals surface area contributed by atoms with Gasteiger partial charge < -0.3 is 4.52 Å². The molecule has 0 aliphatic carbocycles. The number of anilines is 1. The Balaban J connectivity index is 2.59. The van der Waals surface area contributed by atoms with Crippen LogP contribution in [0.5, 0.6) is 0 Å². The maximum atomic E-state index is 11.4. The van der Waals surface area contributed by atoms with Gasteiger partial charge in [-0.1, -0.05) is 18.5 Å². The van der Waals surface area contributed by atoms with E-state index in [0.29, 0.717) is 12.2 Å². The molecule has 0 saturated carbocycles. The van der Waals surface area contributed by atoms with E-state index in [1.54, 1.807) is 13.0 Å². The van der Waals surface area contributed by atoms with Gasteiger partial charge in [-0.3, -0.25) is 4.72 Å². The van der Waals surface area contributed by atoms with Crippen LogP contribution in [0.2, 0.25) is 0 Å². The Morgan fingerprint density at radius 2 is 2.29 bits per heavy atom. The largest absolute Gasteiger partial charge is 0.360 e. The first-order valence-corrected chi connectivity index (χ1v) is 6.12. The predicted octanol–water partition coefficient (Wildman–Crippen LogP) is 1.52. The van der Waals surface area contributed by atoms with Gasteiger partial charge in [-0.15, -0.1) is 0 Å². The zero-order valence-electron chi connectivity index (χ0n) is 8.28. The fraction of sp³-hybridized carbons (Fsp3) is 0.625. The van der Waals surface area contributed by atoms with Crippen molar-refractivity contribution in [1.29, 1.82) is 0 Å². The van der Waals surface area contributed by atoms with E-state index in [4.69, 9.17) is 4.52 Å². The van der Waals surface area contributed by atoms with Crippen LogP contribution < -0.4 is 4.72 Å². The summed E-state index contributed by atoms with van der Waals surface area (Å²) in [6.45, 7) is 3.65. The molecule has 14 heavy (non-hydrogen) atoms. The van der Waals surface area contributed by atoms with Crippen LogP contribution in [0.1, 0.15) is 25.5 Å². The minimum Gasteiger partial charge on any atom is -0.360 e. The molecular weight excluding hydrogens is 204 g/mol. The van der Waals surface area contributed by atoms with E-state index in [2.05, 4.69) is 9.88 Å². The van der Waals surface area contributed by atoms with Crippen molar-refractivity contribution in [1.82, 2.24) is 5.16 Å². The summed E-state index contributed by atoms with van der Waals surface area (Å²) in [6.07, 6.45) is 1.49. The monoisotopic (exact) mass is 218 g/mol. The van der Waals surface area contributed by atoms with Crippen LogP contribution in [0.4, 0.5) is 5.82 Å². The van der Waals surface area contributed by atoms with Gasteiger partial charge in [0, 0.05) is 6.07 Å². The molecule has 0 amide bonds. The quantitative estimate of drug-likeness (QED) is 0.813. The summed E-state index contributed by atoms with van der Waals surface area (Å²) in [7, 11) is -3.26. The Morgan fingerprint density at radius 1 is 1.57 bits per heavy atom. The predicted molar refractivity (Wildman–Crippen MR) is 53.6 cm³/mol. The second-order valence-corrected chi connectivity index (χ2v) is 4.94. The summed E-state index contributed by atoms with van der Waals surface area (Å²) in [5.74, 6) is 0.951. The van der Waals surface area contributed by atoms with Gasteiger partial charge in [0.05, 0.1) is 5.75 Å². The lowest BCUT2D eigenvalue weighted by Crippen LogP contribution is -2.16. The SMILES string of the molecule is CCCCS(=O)(=O)Nc1cc(C)on1. The first-order valence-electron chi connectivity index (χ1n) is 4.47. The van der Waals surface area contributed by atoms with Crippen LogP contribution in [-0.2, 0) is 10.0 Å². The Morgan fingerprint density at radius 3 is 2.79 bits per heavy atom. The maximum Gasteiger partial charge on any atom is 0.233 e. The number of hydrogen-bond donors (Lipinski definition) is 1. The highest BCUT2D eigenvalue weighted by Gasteiger charge is 2.11. The lowest BCUT2D eigenvalue weighted by Gasteiger charge is -2.02. The minimum absolute atomic E-state index is 0.120. The molecule has 1 N–H and O–H groups in total. The van der Waals surface area contributed by atoms with Crippen molar-refractivity contribution in [3.8, 4) is 0 Å². The van der Waals surface area contributed by atoms with E-state index in [1.807, 2.05) is 6.92 Å². The standard InChI is InChI=1S/C8H14N2O3S/c1-3-4-5-14(11,12)10-8-6-7(2)13-9-8/h6H,3-5H2,1-2H3,(H,9,10). The molecule has 1 rings (SSSR count). The lowest BCUT2D eigenvalue weighted by molar-refractivity contribution is 0.400. The first kappa shape index (κ1) is 11.0. The highest BCUT2D eigenvalue weighted by molar-refractivity contribution is 7.92. The van der Waals surface area contributed by atoms with E-state index >= 15 is 0 Å². The molecule has 0 radical (unpaired) electrons. The number of nitrogens with one attached hydrogen (secondary N) is 1. The van der Waals surface area contributed by atoms with Crippen LogP contribution in [0, 0.1) is 6.92 Å². The molecule has 1 aromatic heterocycles. The summed E-state index contributed by atoms with van der Waals surface area (Å²) in [5, 5.41) is 3.54. The van der Waals surface area contributed by atoms with Crippen LogP contribution in [-0.4, -0.2) is 19.3 Å². The summed E-state index contributed by atoms with van der Waals surface area (Å²) in [4.78, 5) is 0. The molecule has 0 aliphatic rings. The van der Waals surface area contributed by atoms with Gasteiger partial charge in [0.1, 0.15) is 5.76 Å². The van der Waals surface area contributed by atoms with E-state index in [9.17, 15) is 8.42 Å². The molecule has 80 valence electrons. The van der Waals surface area contributed by atoms with Gasteiger partial charge in [-0.2, -0.15) is 0 Å². The van der Waals surface area contributed by atoms with E-state index in [-0.39, 0.29) is 11.6 Å². The Kier molecular flexibility index (Phi) is 3.51. The molecule has 0 saturated heterocycles. The number of aromatic nitrogens is 1. The van der Waals surface area contributed by atoms with E-state index < -0.39 is 10.0 Å². The third kappa shape index (κ3) is 3.37. The fourth-order valence-corrected chi connectivity index (χ4v) is 2.14. The van der Waals surface area contributed by atoms with Crippen molar-refractivity contribution in [2.24, 2.45) is 0 Å². The van der Waals surface area contributed by atoms with Crippen molar-refractivity contribution in [2.75, 3.05) is 10.5 Å². The van der Waals surface area contributed by atoms with Gasteiger partial charge in [0.25, 0.3) is 0 Å². The van der Waals surface area contributed by atoms with Crippen molar-refractivity contribution < 1.29 is 12.9 Å². The molecule has 6 heteroatoms. The summed E-state index contributed by atoms with van der Waals surface area (Å²) < 4.78 is 29.8. The molecule has 0 atom stereocenters. The molecule has 0 spiro atoms. The van der Waals surface area contributed by atoms with Crippen molar-refractivity contribution in [3.05, 3.63) is 11.8 Å². The number of aryl methyl sites for hydroxylation is 1. The fourth-order valence-electron chi connectivity index (χ4n) is 0.959. The molecule has 5 nitrogen and oxygen atoms in total. The zero-order valence-corrected chi connectivity index (χ0v) is 9.10. The van der Waals surface area contributed by atoms with Crippen LogP contribution in [0.15, 0.2) is 10.6 Å². The summed E-state index contributed by atoms with van der Waals surface area (Å²) >= 11 is 0. The molecule has 1 heterocycles. The van der Waals surface area contributed by atoms with Gasteiger partial charge in [-0.25, -0.2) is 8.42 Å². The second-order valence-electron chi connectivity index (χ2n) is 3.10. The number of nitrogens with zero attached hydrogens (tertiary/aromatic N) is 1. The third-order valence-electron chi connectivity index (χ3n) is 1.65. The molecule has 0 unspecified atom stereocenters. The van der Waals surface area contributed by atoms with Gasteiger partial charge in [0.15, 0.2) is 5.82 Å². The third-order valence-corrected chi connectivity index (χ3v) is 3.00. The normalized spacial score (nSPS) is 11.6. The zero-order chi connectivity index (χ0) is 10.6. The van der Waals surface area contributed by atoms with E-state index in [0.717, 1.165) is 6.42 Å². The molecular formula is C8H14N2O3S. The highest BCUT2D eigenvalue weighted by Crippen LogP contribution is 2.09. The van der Waals surface area contributed by atoms with Crippen LogP contribution in [0.25, 0.3) is 0 Å². The number of unbranched alkanes of at least 4 members (excludes halogenated alkanes) is 1. The lowest BCUT2D eigenvalue weighted by atomic mass is 10.4. The Hall–Kier alpha value is -1.04. The summed E-state index contributed by atoms with van der Waals surface area (Å²) in [5.41, 5.74) is 0. The van der Waals surface area contributed by atoms with Gasteiger partial charge in [-0.05, 0) is 13.3 Å². The average Bonchev–Trinajstić information content (AvgIpc) is 2.47. The maximum absolute atomic E-state index is 11.4. The Labute approximate surface area is 83.5 Å². The van der Waals surface area contributed by atoms with Crippen molar-refractivity contribution in [3.63, 3.8) is 0 Å². The molecule has 1 aromatic rings.